The fourth-order valence-corrected chi connectivity index (χ4v) is 3.29. The molecule has 1 aliphatic heterocycles. The van der Waals surface area contributed by atoms with E-state index in [1.165, 1.54) is 18.4 Å². The smallest absolute Gasteiger partial charge is 0.224 e. The fraction of sp³-hybridized carbons (Fsp3) is 0.526. The standard InChI is InChI=1S/C19H25N5O2/c25-9-8-21-19-22-17(15-5-10-26-13-15)11-18(23-19)24(16-1-2-16)12-14-3-6-20-7-4-14/h3-4,6-7,11,15-16,25H,1-2,5,8-10,12-13H2,(H,21,22,23)/t15-/m0/s1. The van der Waals surface area contributed by atoms with Gasteiger partial charge in [0.05, 0.1) is 18.9 Å². The van der Waals surface area contributed by atoms with Crippen LogP contribution in [0.4, 0.5) is 11.8 Å². The quantitative estimate of drug-likeness (QED) is 0.749. The summed E-state index contributed by atoms with van der Waals surface area (Å²) >= 11 is 0. The molecule has 3 heterocycles. The normalized spacial score (nSPS) is 19.5. The summed E-state index contributed by atoms with van der Waals surface area (Å²) in [7, 11) is 0. The molecule has 2 aromatic rings. The van der Waals surface area contributed by atoms with E-state index < -0.39 is 0 Å². The van der Waals surface area contributed by atoms with Gasteiger partial charge in [-0.2, -0.15) is 4.98 Å². The van der Waals surface area contributed by atoms with Crippen LogP contribution in [0.15, 0.2) is 30.6 Å². The molecule has 2 fully saturated rings. The predicted octanol–water partition coefficient (Wildman–Crippen LogP) is 1.95. The molecule has 0 spiro atoms. The summed E-state index contributed by atoms with van der Waals surface area (Å²) in [5, 5.41) is 12.3. The SMILES string of the molecule is OCCNc1nc([C@H]2CCOC2)cc(N(Cc2ccncc2)C2CC2)n1. The minimum absolute atomic E-state index is 0.0544. The van der Waals surface area contributed by atoms with E-state index >= 15 is 0 Å². The summed E-state index contributed by atoms with van der Waals surface area (Å²) in [5.74, 6) is 1.84. The van der Waals surface area contributed by atoms with Gasteiger partial charge in [-0.05, 0) is 37.0 Å². The highest BCUT2D eigenvalue weighted by Gasteiger charge is 2.31. The zero-order valence-electron chi connectivity index (χ0n) is 14.8. The number of rotatable bonds is 8. The third kappa shape index (κ3) is 4.11. The Kier molecular flexibility index (Phi) is 5.26. The molecule has 7 nitrogen and oxygen atoms in total. The van der Waals surface area contributed by atoms with Crippen LogP contribution in [0.3, 0.4) is 0 Å². The van der Waals surface area contributed by atoms with E-state index in [1.807, 2.05) is 24.5 Å². The predicted molar refractivity (Wildman–Crippen MR) is 99.2 cm³/mol. The van der Waals surface area contributed by atoms with E-state index in [1.54, 1.807) is 0 Å². The molecule has 0 unspecified atom stereocenters. The molecule has 7 heteroatoms. The Hall–Kier alpha value is -2.25. The highest BCUT2D eigenvalue weighted by Crippen LogP contribution is 2.34. The third-order valence-electron chi connectivity index (χ3n) is 4.86. The van der Waals surface area contributed by atoms with Crippen LogP contribution in [0.1, 0.15) is 36.4 Å². The Labute approximate surface area is 153 Å². The number of aromatic nitrogens is 3. The number of nitrogens with one attached hydrogen (secondary N) is 1. The first-order valence-corrected chi connectivity index (χ1v) is 9.30. The van der Waals surface area contributed by atoms with E-state index in [2.05, 4.69) is 26.3 Å². The van der Waals surface area contributed by atoms with Gasteiger partial charge in [-0.3, -0.25) is 4.98 Å². The summed E-state index contributed by atoms with van der Waals surface area (Å²) < 4.78 is 5.55. The average Bonchev–Trinajstić information content (AvgIpc) is 3.37. The van der Waals surface area contributed by atoms with Crippen molar-refractivity contribution in [2.24, 2.45) is 0 Å². The van der Waals surface area contributed by atoms with Crippen LogP contribution < -0.4 is 10.2 Å². The first-order chi connectivity index (χ1) is 12.8. The number of nitrogens with zero attached hydrogens (tertiary/aromatic N) is 4. The minimum Gasteiger partial charge on any atom is -0.395 e. The van der Waals surface area contributed by atoms with Gasteiger partial charge in [-0.15, -0.1) is 0 Å². The molecule has 0 bridgehead atoms. The molecule has 138 valence electrons. The van der Waals surface area contributed by atoms with E-state index in [9.17, 15) is 0 Å². The highest BCUT2D eigenvalue weighted by molar-refractivity contribution is 5.48. The number of ether oxygens (including phenoxy) is 1. The van der Waals surface area contributed by atoms with Gasteiger partial charge < -0.3 is 20.1 Å². The Morgan fingerprint density at radius 1 is 1.19 bits per heavy atom. The molecule has 1 saturated carbocycles. The summed E-state index contributed by atoms with van der Waals surface area (Å²) in [5.41, 5.74) is 2.24. The van der Waals surface area contributed by atoms with Crippen molar-refractivity contribution in [2.75, 3.05) is 36.6 Å². The van der Waals surface area contributed by atoms with Crippen LogP contribution in [0.2, 0.25) is 0 Å². The Balaban J connectivity index is 1.64. The van der Waals surface area contributed by atoms with Crippen LogP contribution in [-0.2, 0) is 11.3 Å². The number of aliphatic hydroxyl groups is 1. The van der Waals surface area contributed by atoms with E-state index in [-0.39, 0.29) is 6.61 Å². The first kappa shape index (κ1) is 17.2. The highest BCUT2D eigenvalue weighted by atomic mass is 16.5. The summed E-state index contributed by atoms with van der Waals surface area (Å²) in [4.78, 5) is 15.9. The van der Waals surface area contributed by atoms with Gasteiger partial charge >= 0.3 is 0 Å². The number of anilines is 2. The number of pyridine rings is 1. The molecule has 1 saturated heterocycles. The van der Waals surface area contributed by atoms with E-state index in [0.29, 0.717) is 31.1 Å². The summed E-state index contributed by atoms with van der Waals surface area (Å²) in [6, 6.07) is 6.74. The lowest BCUT2D eigenvalue weighted by Crippen LogP contribution is -2.27. The minimum atomic E-state index is 0.0544. The Morgan fingerprint density at radius 3 is 2.73 bits per heavy atom. The van der Waals surface area contributed by atoms with Gasteiger partial charge in [0.2, 0.25) is 5.95 Å². The monoisotopic (exact) mass is 355 g/mol. The molecule has 0 amide bonds. The Morgan fingerprint density at radius 2 is 2.04 bits per heavy atom. The van der Waals surface area contributed by atoms with Gasteiger partial charge in [0.15, 0.2) is 0 Å². The van der Waals surface area contributed by atoms with Crippen LogP contribution >= 0.6 is 0 Å². The second kappa shape index (κ2) is 7.97. The van der Waals surface area contributed by atoms with Crippen molar-refractivity contribution in [3.63, 3.8) is 0 Å². The molecule has 2 N–H and O–H groups in total. The fourth-order valence-electron chi connectivity index (χ4n) is 3.29. The zero-order chi connectivity index (χ0) is 17.8. The maximum absolute atomic E-state index is 9.13. The van der Waals surface area contributed by atoms with Crippen LogP contribution in [0.5, 0.6) is 0 Å². The van der Waals surface area contributed by atoms with Gasteiger partial charge in [-0.1, -0.05) is 0 Å². The number of hydrogen-bond donors (Lipinski definition) is 2. The third-order valence-corrected chi connectivity index (χ3v) is 4.86. The average molecular weight is 355 g/mol. The van der Waals surface area contributed by atoms with Crippen molar-refractivity contribution >= 4 is 11.8 Å². The maximum Gasteiger partial charge on any atom is 0.224 e. The lowest BCUT2D eigenvalue weighted by atomic mass is 10.0. The van der Waals surface area contributed by atoms with Gasteiger partial charge in [0.1, 0.15) is 5.82 Å². The van der Waals surface area contributed by atoms with Crippen molar-refractivity contribution < 1.29 is 9.84 Å². The number of aliphatic hydroxyl groups excluding tert-OH is 1. The van der Waals surface area contributed by atoms with Crippen molar-refractivity contribution in [3.8, 4) is 0 Å². The number of hydrogen-bond acceptors (Lipinski definition) is 7. The van der Waals surface area contributed by atoms with Crippen molar-refractivity contribution in [1.29, 1.82) is 0 Å². The molecule has 1 aliphatic carbocycles. The second-order valence-corrected chi connectivity index (χ2v) is 6.90. The first-order valence-electron chi connectivity index (χ1n) is 9.30. The van der Waals surface area contributed by atoms with Crippen molar-refractivity contribution in [3.05, 3.63) is 41.9 Å². The topological polar surface area (TPSA) is 83.4 Å². The second-order valence-electron chi connectivity index (χ2n) is 6.90. The van der Waals surface area contributed by atoms with Crippen LogP contribution in [-0.4, -0.2) is 52.5 Å². The largest absolute Gasteiger partial charge is 0.395 e. The Bertz CT molecular complexity index is 717. The summed E-state index contributed by atoms with van der Waals surface area (Å²) in [6.45, 7) is 2.80. The van der Waals surface area contributed by atoms with Crippen LogP contribution in [0.25, 0.3) is 0 Å². The van der Waals surface area contributed by atoms with Crippen molar-refractivity contribution in [1.82, 2.24) is 15.0 Å². The van der Waals surface area contributed by atoms with Gasteiger partial charge in [-0.25, -0.2) is 4.98 Å². The molecule has 2 aliphatic rings. The summed E-state index contributed by atoms with van der Waals surface area (Å²) in [6.07, 6.45) is 7.03. The molecular formula is C19H25N5O2. The zero-order valence-corrected chi connectivity index (χ0v) is 14.8. The van der Waals surface area contributed by atoms with Gasteiger partial charge in [0.25, 0.3) is 0 Å². The molecule has 4 rings (SSSR count). The lowest BCUT2D eigenvalue weighted by molar-refractivity contribution is 0.193. The van der Waals surface area contributed by atoms with Gasteiger partial charge in [0, 0.05) is 50.1 Å². The molecular weight excluding hydrogens is 330 g/mol. The molecule has 2 aromatic heterocycles. The lowest BCUT2D eigenvalue weighted by Gasteiger charge is -2.25. The molecule has 26 heavy (non-hydrogen) atoms. The molecule has 0 radical (unpaired) electrons. The maximum atomic E-state index is 9.13. The van der Waals surface area contributed by atoms with E-state index in [4.69, 9.17) is 14.8 Å². The molecule has 0 aromatic carbocycles. The molecule has 1 atom stereocenters. The van der Waals surface area contributed by atoms with Crippen molar-refractivity contribution in [2.45, 2.75) is 37.8 Å². The van der Waals surface area contributed by atoms with Crippen LogP contribution in [0, 0.1) is 0 Å². The van der Waals surface area contributed by atoms with E-state index in [0.717, 1.165) is 31.1 Å².